The molecule has 0 radical (unpaired) electrons. The van der Waals surface area contributed by atoms with Gasteiger partial charge in [-0.25, -0.2) is 10.4 Å². The van der Waals surface area contributed by atoms with Crippen LogP contribution in [0.1, 0.15) is 65.2 Å². The van der Waals surface area contributed by atoms with Crippen molar-refractivity contribution in [2.45, 2.75) is 65.2 Å². The SMILES string of the molecule is CCCCCCCCCCNN(CC)N(C)C. The highest BCUT2D eigenvalue weighted by Gasteiger charge is 2.01. The van der Waals surface area contributed by atoms with Crippen molar-refractivity contribution in [1.29, 1.82) is 0 Å². The number of nitrogens with zero attached hydrogens (tertiary/aromatic N) is 2. The van der Waals surface area contributed by atoms with E-state index in [9.17, 15) is 0 Å². The summed E-state index contributed by atoms with van der Waals surface area (Å²) in [4.78, 5) is 0. The monoisotopic (exact) mass is 243 g/mol. The van der Waals surface area contributed by atoms with Gasteiger partial charge < -0.3 is 0 Å². The van der Waals surface area contributed by atoms with Crippen LogP contribution in [0.4, 0.5) is 0 Å². The van der Waals surface area contributed by atoms with E-state index in [0.717, 1.165) is 13.1 Å². The third-order valence-corrected chi connectivity index (χ3v) is 3.11. The minimum atomic E-state index is 1.02. The Morgan fingerprint density at radius 1 is 0.765 bits per heavy atom. The summed E-state index contributed by atoms with van der Waals surface area (Å²) in [5, 5.41) is 4.26. The summed E-state index contributed by atoms with van der Waals surface area (Å²) in [7, 11) is 4.15. The minimum Gasteiger partial charge on any atom is -0.241 e. The third kappa shape index (κ3) is 10.7. The quantitative estimate of drug-likeness (QED) is 0.418. The molecule has 17 heavy (non-hydrogen) atoms. The largest absolute Gasteiger partial charge is 0.241 e. The van der Waals surface area contributed by atoms with Crippen LogP contribution in [0.15, 0.2) is 0 Å². The van der Waals surface area contributed by atoms with Crippen molar-refractivity contribution >= 4 is 0 Å². The molecule has 0 saturated carbocycles. The van der Waals surface area contributed by atoms with Gasteiger partial charge >= 0.3 is 0 Å². The standard InChI is InChI=1S/C14H33N3/c1-5-7-8-9-10-11-12-13-14-15-17(6-2)16(3)4/h15H,5-14H2,1-4H3. The second kappa shape index (κ2) is 12.3. The maximum atomic E-state index is 3.44. The van der Waals surface area contributed by atoms with Crippen LogP contribution in [0, 0.1) is 0 Å². The lowest BCUT2D eigenvalue weighted by Crippen LogP contribution is -2.47. The Kier molecular flexibility index (Phi) is 12.3. The molecule has 104 valence electrons. The van der Waals surface area contributed by atoms with Crippen LogP contribution in [0.2, 0.25) is 0 Å². The highest BCUT2D eigenvalue weighted by molar-refractivity contribution is 4.48. The molecule has 0 aliphatic carbocycles. The van der Waals surface area contributed by atoms with Gasteiger partial charge in [0.05, 0.1) is 0 Å². The molecule has 0 aromatic heterocycles. The molecule has 0 aliphatic rings. The summed E-state index contributed by atoms with van der Waals surface area (Å²) in [6.45, 7) is 6.56. The Hall–Kier alpha value is -0.120. The molecular formula is C14H33N3. The molecule has 0 aliphatic heterocycles. The van der Waals surface area contributed by atoms with Gasteiger partial charge in [0.1, 0.15) is 0 Å². The summed E-state index contributed by atoms with van der Waals surface area (Å²) in [5.41, 5.74) is 3.44. The summed E-state index contributed by atoms with van der Waals surface area (Å²) >= 11 is 0. The van der Waals surface area contributed by atoms with Gasteiger partial charge in [-0.05, 0) is 13.3 Å². The Morgan fingerprint density at radius 2 is 1.29 bits per heavy atom. The number of nitrogens with one attached hydrogen (secondary N) is 1. The van der Waals surface area contributed by atoms with Crippen LogP contribution in [0.5, 0.6) is 0 Å². The second-order valence-electron chi connectivity index (χ2n) is 4.95. The third-order valence-electron chi connectivity index (χ3n) is 3.11. The first-order valence-electron chi connectivity index (χ1n) is 7.40. The normalized spacial score (nSPS) is 11.6. The molecular weight excluding hydrogens is 210 g/mol. The second-order valence-corrected chi connectivity index (χ2v) is 4.95. The van der Waals surface area contributed by atoms with Gasteiger partial charge in [0, 0.05) is 27.2 Å². The van der Waals surface area contributed by atoms with Crippen molar-refractivity contribution in [3.8, 4) is 0 Å². The van der Waals surface area contributed by atoms with E-state index in [0.29, 0.717) is 0 Å². The van der Waals surface area contributed by atoms with Crippen molar-refractivity contribution in [1.82, 2.24) is 15.6 Å². The Bertz CT molecular complexity index is 148. The molecule has 3 nitrogen and oxygen atoms in total. The lowest BCUT2D eigenvalue weighted by atomic mass is 10.1. The molecule has 0 atom stereocenters. The fourth-order valence-electron chi connectivity index (χ4n) is 2.00. The molecule has 0 rings (SSSR count). The molecule has 0 bridgehead atoms. The van der Waals surface area contributed by atoms with Crippen LogP contribution in [-0.2, 0) is 0 Å². The first-order valence-corrected chi connectivity index (χ1v) is 7.40. The van der Waals surface area contributed by atoms with Gasteiger partial charge in [-0.15, -0.1) is 0 Å². The zero-order valence-corrected chi connectivity index (χ0v) is 12.5. The van der Waals surface area contributed by atoms with Crippen molar-refractivity contribution in [3.05, 3.63) is 0 Å². The van der Waals surface area contributed by atoms with Crippen LogP contribution in [-0.4, -0.2) is 37.3 Å². The van der Waals surface area contributed by atoms with Crippen molar-refractivity contribution in [3.63, 3.8) is 0 Å². The highest BCUT2D eigenvalue weighted by Crippen LogP contribution is 2.07. The zero-order chi connectivity index (χ0) is 12.9. The predicted molar refractivity (Wildman–Crippen MR) is 76.7 cm³/mol. The number of hydrazine groups is 2. The smallest absolute Gasteiger partial charge is 0.0262 e. The average Bonchev–Trinajstić information content (AvgIpc) is 2.31. The van der Waals surface area contributed by atoms with Crippen molar-refractivity contribution in [2.24, 2.45) is 0 Å². The van der Waals surface area contributed by atoms with E-state index in [1.54, 1.807) is 0 Å². The topological polar surface area (TPSA) is 18.5 Å². The first kappa shape index (κ1) is 16.9. The van der Waals surface area contributed by atoms with E-state index < -0.39 is 0 Å². The fourth-order valence-corrected chi connectivity index (χ4v) is 2.00. The zero-order valence-electron chi connectivity index (χ0n) is 12.5. The fraction of sp³-hybridized carbons (Fsp3) is 1.00. The van der Waals surface area contributed by atoms with Crippen molar-refractivity contribution in [2.75, 3.05) is 27.2 Å². The van der Waals surface area contributed by atoms with Gasteiger partial charge in [0.15, 0.2) is 0 Å². The summed E-state index contributed by atoms with van der Waals surface area (Å²) in [6.07, 6.45) is 11.1. The first-order chi connectivity index (χ1) is 8.22. The minimum absolute atomic E-state index is 1.02. The molecule has 3 heteroatoms. The Morgan fingerprint density at radius 3 is 1.76 bits per heavy atom. The van der Waals surface area contributed by atoms with Crippen LogP contribution < -0.4 is 5.43 Å². The van der Waals surface area contributed by atoms with Gasteiger partial charge in [0.25, 0.3) is 0 Å². The molecule has 0 heterocycles. The van der Waals surface area contributed by atoms with E-state index in [-0.39, 0.29) is 0 Å². The highest BCUT2D eigenvalue weighted by atomic mass is 15.8. The van der Waals surface area contributed by atoms with Gasteiger partial charge in [0.2, 0.25) is 0 Å². The summed E-state index contributed by atoms with van der Waals surface area (Å²) in [5.74, 6) is 0. The van der Waals surface area contributed by atoms with Crippen LogP contribution in [0.25, 0.3) is 0 Å². The number of hydrogen-bond donors (Lipinski definition) is 1. The van der Waals surface area contributed by atoms with E-state index in [1.807, 2.05) is 0 Å². The van der Waals surface area contributed by atoms with E-state index >= 15 is 0 Å². The van der Waals surface area contributed by atoms with E-state index in [1.165, 1.54) is 51.4 Å². The van der Waals surface area contributed by atoms with Gasteiger partial charge in [-0.1, -0.05) is 51.9 Å². The summed E-state index contributed by atoms with van der Waals surface area (Å²) < 4.78 is 0. The number of rotatable bonds is 12. The molecule has 0 aromatic rings. The lowest BCUT2D eigenvalue weighted by Gasteiger charge is -2.27. The van der Waals surface area contributed by atoms with E-state index in [2.05, 4.69) is 43.5 Å². The maximum absolute atomic E-state index is 3.44. The molecule has 0 unspecified atom stereocenters. The number of unbranched alkanes of at least 4 members (excludes halogenated alkanes) is 7. The molecule has 1 N–H and O–H groups in total. The molecule has 0 amide bonds. The van der Waals surface area contributed by atoms with Gasteiger partial charge in [-0.2, -0.15) is 5.12 Å². The van der Waals surface area contributed by atoms with Gasteiger partial charge in [-0.3, -0.25) is 0 Å². The van der Waals surface area contributed by atoms with Crippen LogP contribution >= 0.6 is 0 Å². The molecule has 0 saturated heterocycles. The molecule has 0 aromatic carbocycles. The predicted octanol–water partition coefficient (Wildman–Crippen LogP) is 3.43. The number of hydrogen-bond acceptors (Lipinski definition) is 3. The Balaban J connectivity index is 3.17. The summed E-state index contributed by atoms with van der Waals surface area (Å²) in [6, 6.07) is 0. The van der Waals surface area contributed by atoms with Crippen molar-refractivity contribution < 1.29 is 0 Å². The Labute approximate surface area is 108 Å². The molecule has 0 spiro atoms. The lowest BCUT2D eigenvalue weighted by molar-refractivity contribution is -0.0231. The maximum Gasteiger partial charge on any atom is 0.0262 e. The average molecular weight is 243 g/mol. The molecule has 0 fully saturated rings. The van der Waals surface area contributed by atoms with E-state index in [4.69, 9.17) is 0 Å². The van der Waals surface area contributed by atoms with Crippen LogP contribution in [0.3, 0.4) is 0 Å².